The Labute approximate surface area is 208 Å². The van der Waals surface area contributed by atoms with Crippen LogP contribution in [0.2, 0.25) is 0 Å². The highest BCUT2D eigenvalue weighted by atomic mass is 32.2. The van der Waals surface area contributed by atoms with Crippen molar-refractivity contribution in [2.24, 2.45) is 0 Å². The summed E-state index contributed by atoms with van der Waals surface area (Å²) in [7, 11) is 0. The van der Waals surface area contributed by atoms with Crippen molar-refractivity contribution in [2.45, 2.75) is 31.0 Å². The number of thiophene rings is 2. The summed E-state index contributed by atoms with van der Waals surface area (Å²) in [5.74, 6) is -0.142. The number of nitrogens with zero attached hydrogens (tertiary/aromatic N) is 3. The van der Waals surface area contributed by atoms with E-state index in [9.17, 15) is 14.9 Å². The standard InChI is InChI=1S/C25H20N4O2S3/c1-2-11-29-24(31)17-12-20(15-7-4-3-5-8-15)34-22(17)28-25(29)32-14-21(30)27-23-18(13-26)16-9-6-10-19(16)33-23/h2-5,7-8,12H,1,6,9-11,14H2,(H,27,30). The number of rotatable bonds is 7. The Balaban J connectivity index is 1.40. The molecule has 0 saturated carbocycles. The number of hydrogen-bond acceptors (Lipinski definition) is 7. The fourth-order valence-corrected chi connectivity index (χ4v) is 7.19. The van der Waals surface area contributed by atoms with Gasteiger partial charge in [-0.25, -0.2) is 4.98 Å². The van der Waals surface area contributed by atoms with Gasteiger partial charge in [0.1, 0.15) is 15.9 Å². The molecule has 0 unspecified atom stereocenters. The van der Waals surface area contributed by atoms with E-state index < -0.39 is 0 Å². The summed E-state index contributed by atoms with van der Waals surface area (Å²) >= 11 is 4.17. The molecule has 4 aromatic rings. The summed E-state index contributed by atoms with van der Waals surface area (Å²) in [4.78, 5) is 33.5. The maximum Gasteiger partial charge on any atom is 0.263 e. The zero-order chi connectivity index (χ0) is 23.7. The molecular weight excluding hydrogens is 485 g/mol. The van der Waals surface area contributed by atoms with Gasteiger partial charge in [-0.3, -0.25) is 14.2 Å². The van der Waals surface area contributed by atoms with Gasteiger partial charge in [0.15, 0.2) is 5.16 Å². The van der Waals surface area contributed by atoms with E-state index in [0.29, 0.717) is 32.5 Å². The number of allylic oxidation sites excluding steroid dienone is 1. The first-order chi connectivity index (χ1) is 16.6. The minimum atomic E-state index is -0.225. The molecule has 3 heterocycles. The van der Waals surface area contributed by atoms with E-state index in [1.54, 1.807) is 10.6 Å². The lowest BCUT2D eigenvalue weighted by molar-refractivity contribution is -0.113. The van der Waals surface area contributed by atoms with Crippen LogP contribution in [0, 0.1) is 11.3 Å². The van der Waals surface area contributed by atoms with Gasteiger partial charge < -0.3 is 5.32 Å². The van der Waals surface area contributed by atoms with Crippen LogP contribution in [0.25, 0.3) is 20.7 Å². The first-order valence-electron chi connectivity index (χ1n) is 10.8. The quantitative estimate of drug-likeness (QED) is 0.205. The zero-order valence-electron chi connectivity index (χ0n) is 18.2. The number of thioether (sulfide) groups is 1. The largest absolute Gasteiger partial charge is 0.316 e. The first kappa shape index (κ1) is 22.6. The van der Waals surface area contributed by atoms with E-state index in [2.05, 4.69) is 18.0 Å². The normalized spacial score (nSPS) is 12.4. The molecule has 3 aromatic heterocycles. The van der Waals surface area contributed by atoms with E-state index in [1.165, 1.54) is 39.3 Å². The summed E-state index contributed by atoms with van der Waals surface area (Å²) in [5.41, 5.74) is 2.55. The Bertz CT molecular complexity index is 1510. The van der Waals surface area contributed by atoms with Gasteiger partial charge in [0.05, 0.1) is 16.7 Å². The molecule has 0 fully saturated rings. The molecule has 1 aromatic carbocycles. The van der Waals surface area contributed by atoms with Crippen molar-refractivity contribution in [3.63, 3.8) is 0 Å². The van der Waals surface area contributed by atoms with Gasteiger partial charge in [0.2, 0.25) is 5.91 Å². The SMILES string of the molecule is C=CCn1c(SCC(=O)Nc2sc3c(c2C#N)CCC3)nc2sc(-c3ccccc3)cc2c1=O. The number of nitrogens with one attached hydrogen (secondary N) is 1. The predicted octanol–water partition coefficient (Wildman–Crippen LogP) is 5.46. The van der Waals surface area contributed by atoms with E-state index in [0.717, 1.165) is 35.3 Å². The van der Waals surface area contributed by atoms with Crippen LogP contribution in [0.1, 0.15) is 22.4 Å². The van der Waals surface area contributed by atoms with Gasteiger partial charge in [0, 0.05) is 16.3 Å². The number of benzene rings is 1. The number of anilines is 1. The smallest absolute Gasteiger partial charge is 0.263 e. The van der Waals surface area contributed by atoms with Crippen LogP contribution in [0.15, 0.2) is 59.0 Å². The Morgan fingerprint density at radius 1 is 1.29 bits per heavy atom. The molecule has 5 rings (SSSR count). The second-order valence-electron chi connectivity index (χ2n) is 7.80. The van der Waals surface area contributed by atoms with Gasteiger partial charge in [0.25, 0.3) is 5.56 Å². The molecular formula is C25H20N4O2S3. The molecule has 0 radical (unpaired) electrons. The number of fused-ring (bicyclic) bond motifs is 2. The third-order valence-corrected chi connectivity index (χ3v) is 8.87. The highest BCUT2D eigenvalue weighted by molar-refractivity contribution is 7.99. The lowest BCUT2D eigenvalue weighted by Crippen LogP contribution is -2.23. The van der Waals surface area contributed by atoms with Crippen molar-refractivity contribution >= 4 is 55.6 Å². The minimum Gasteiger partial charge on any atom is -0.316 e. The Morgan fingerprint density at radius 2 is 2.12 bits per heavy atom. The topological polar surface area (TPSA) is 87.8 Å². The summed E-state index contributed by atoms with van der Waals surface area (Å²) in [6.07, 6.45) is 4.56. The van der Waals surface area contributed by atoms with Crippen LogP contribution >= 0.6 is 34.4 Å². The zero-order valence-corrected chi connectivity index (χ0v) is 20.6. The maximum atomic E-state index is 13.2. The Hall–Kier alpha value is -3.19. The lowest BCUT2D eigenvalue weighted by atomic mass is 10.1. The number of amides is 1. The summed E-state index contributed by atoms with van der Waals surface area (Å²) < 4.78 is 1.55. The molecule has 1 N–H and O–H groups in total. The highest BCUT2D eigenvalue weighted by Crippen LogP contribution is 2.38. The van der Waals surface area contributed by atoms with Crippen molar-refractivity contribution in [1.82, 2.24) is 9.55 Å². The van der Waals surface area contributed by atoms with Crippen molar-refractivity contribution < 1.29 is 4.79 Å². The van der Waals surface area contributed by atoms with Gasteiger partial charge in [-0.05, 0) is 36.5 Å². The number of aromatic nitrogens is 2. The molecule has 34 heavy (non-hydrogen) atoms. The van der Waals surface area contributed by atoms with E-state index in [4.69, 9.17) is 4.98 Å². The molecule has 0 bridgehead atoms. The van der Waals surface area contributed by atoms with Crippen LogP contribution in [-0.2, 0) is 24.2 Å². The fraction of sp³-hybridized carbons (Fsp3) is 0.200. The van der Waals surface area contributed by atoms with Gasteiger partial charge in [-0.2, -0.15) is 5.26 Å². The second kappa shape index (κ2) is 9.58. The summed E-state index contributed by atoms with van der Waals surface area (Å²) in [5, 5.41) is 14.1. The minimum absolute atomic E-state index is 0.0828. The second-order valence-corrected chi connectivity index (χ2v) is 10.9. The maximum absolute atomic E-state index is 13.2. The molecule has 170 valence electrons. The molecule has 1 aliphatic rings. The third-order valence-electron chi connectivity index (χ3n) is 5.60. The molecule has 0 spiro atoms. The fourth-order valence-electron chi connectivity index (χ4n) is 4.05. The number of aryl methyl sites for hydroxylation is 1. The third kappa shape index (κ3) is 4.20. The molecule has 6 nitrogen and oxygen atoms in total. The number of carbonyl (C=O) groups excluding carboxylic acids is 1. The summed E-state index contributed by atoms with van der Waals surface area (Å²) in [6, 6.07) is 14.0. The summed E-state index contributed by atoms with van der Waals surface area (Å²) in [6.45, 7) is 4.07. The van der Waals surface area contributed by atoms with Crippen molar-refractivity contribution in [1.29, 1.82) is 5.26 Å². The Morgan fingerprint density at radius 3 is 2.88 bits per heavy atom. The molecule has 1 aliphatic carbocycles. The van der Waals surface area contributed by atoms with Gasteiger partial charge in [-0.15, -0.1) is 29.3 Å². The number of nitriles is 1. The average Bonchev–Trinajstić information content (AvgIpc) is 3.55. The molecule has 0 atom stereocenters. The van der Waals surface area contributed by atoms with E-state index >= 15 is 0 Å². The van der Waals surface area contributed by atoms with Crippen molar-refractivity contribution in [3.8, 4) is 16.5 Å². The van der Waals surface area contributed by atoms with Crippen LogP contribution in [0.4, 0.5) is 5.00 Å². The van der Waals surface area contributed by atoms with Crippen LogP contribution in [0.3, 0.4) is 0 Å². The van der Waals surface area contributed by atoms with Crippen LogP contribution < -0.4 is 10.9 Å². The van der Waals surface area contributed by atoms with E-state index in [1.807, 2.05) is 36.4 Å². The van der Waals surface area contributed by atoms with Crippen molar-refractivity contribution in [2.75, 3.05) is 11.1 Å². The molecule has 9 heteroatoms. The van der Waals surface area contributed by atoms with Crippen LogP contribution in [-0.4, -0.2) is 21.2 Å². The van der Waals surface area contributed by atoms with Crippen LogP contribution in [0.5, 0.6) is 0 Å². The Kier molecular flexibility index (Phi) is 6.37. The molecule has 0 aliphatic heterocycles. The number of hydrogen-bond donors (Lipinski definition) is 1. The predicted molar refractivity (Wildman–Crippen MR) is 140 cm³/mol. The van der Waals surface area contributed by atoms with Gasteiger partial charge in [-0.1, -0.05) is 48.2 Å². The van der Waals surface area contributed by atoms with Crippen molar-refractivity contribution in [3.05, 3.63) is 75.4 Å². The highest BCUT2D eigenvalue weighted by Gasteiger charge is 2.23. The molecule has 1 amide bonds. The molecule has 0 saturated heterocycles. The first-order valence-corrected chi connectivity index (χ1v) is 13.4. The number of carbonyl (C=O) groups is 1. The van der Waals surface area contributed by atoms with E-state index in [-0.39, 0.29) is 17.2 Å². The van der Waals surface area contributed by atoms with Gasteiger partial charge >= 0.3 is 0 Å². The monoisotopic (exact) mass is 504 g/mol. The lowest BCUT2D eigenvalue weighted by Gasteiger charge is -2.10. The average molecular weight is 505 g/mol.